The molecule has 2 fully saturated rings. The van der Waals surface area contributed by atoms with Crippen LogP contribution in [0.1, 0.15) is 39.5 Å². The molecule has 0 bridgehead atoms. The third-order valence-electron chi connectivity index (χ3n) is 4.87. The van der Waals surface area contributed by atoms with Gasteiger partial charge in [-0.05, 0) is 43.2 Å². The number of hydrogen-bond donors (Lipinski definition) is 0. The molecule has 2 aliphatic heterocycles. The predicted molar refractivity (Wildman–Crippen MR) is 92.0 cm³/mol. The fourth-order valence-corrected chi connectivity index (χ4v) is 5.28. The quantitative estimate of drug-likeness (QED) is 0.851. The molecule has 3 rings (SSSR count). The van der Waals surface area contributed by atoms with Gasteiger partial charge in [-0.15, -0.1) is 0 Å². The molecule has 23 heavy (non-hydrogen) atoms. The molecule has 0 N–H and O–H groups in total. The van der Waals surface area contributed by atoms with Crippen molar-refractivity contribution in [2.24, 2.45) is 11.8 Å². The number of anilines is 1. The standard InChI is InChI=1S/C17H27N3O2S/c1-14-10-15(2)13-19(12-14)17-7-6-16(11-18-17)23(21,22)20-8-4-3-5-9-20/h6-7,11,14-15H,3-5,8-10,12-13H2,1-2H3. The van der Waals surface area contributed by atoms with Crippen molar-refractivity contribution in [3.63, 3.8) is 0 Å². The highest BCUT2D eigenvalue weighted by molar-refractivity contribution is 7.89. The SMILES string of the molecule is CC1CC(C)CN(c2ccc(S(=O)(=O)N3CCCCC3)cn2)C1. The number of nitrogens with zero attached hydrogens (tertiary/aromatic N) is 3. The summed E-state index contributed by atoms with van der Waals surface area (Å²) in [5.74, 6) is 2.19. The summed E-state index contributed by atoms with van der Waals surface area (Å²) in [6, 6.07) is 3.58. The maximum Gasteiger partial charge on any atom is 0.244 e. The van der Waals surface area contributed by atoms with Crippen LogP contribution in [-0.2, 0) is 10.0 Å². The summed E-state index contributed by atoms with van der Waals surface area (Å²) in [4.78, 5) is 7.05. The molecule has 0 aliphatic carbocycles. The van der Waals surface area contributed by atoms with E-state index in [-0.39, 0.29) is 0 Å². The van der Waals surface area contributed by atoms with E-state index in [0.29, 0.717) is 29.8 Å². The van der Waals surface area contributed by atoms with Crippen LogP contribution < -0.4 is 4.90 Å². The van der Waals surface area contributed by atoms with Crippen LogP contribution in [-0.4, -0.2) is 43.9 Å². The monoisotopic (exact) mass is 337 g/mol. The van der Waals surface area contributed by atoms with E-state index >= 15 is 0 Å². The van der Waals surface area contributed by atoms with Gasteiger partial charge in [-0.2, -0.15) is 4.31 Å². The summed E-state index contributed by atoms with van der Waals surface area (Å²) >= 11 is 0. The van der Waals surface area contributed by atoms with Crippen LogP contribution in [0.3, 0.4) is 0 Å². The molecule has 128 valence electrons. The molecular formula is C17H27N3O2S. The van der Waals surface area contributed by atoms with Crippen LogP contribution in [0, 0.1) is 11.8 Å². The van der Waals surface area contributed by atoms with Gasteiger partial charge < -0.3 is 4.90 Å². The Bertz CT molecular complexity index is 614. The lowest BCUT2D eigenvalue weighted by Gasteiger charge is -2.35. The van der Waals surface area contributed by atoms with E-state index in [1.165, 1.54) is 12.6 Å². The zero-order chi connectivity index (χ0) is 16.4. The molecule has 3 heterocycles. The van der Waals surface area contributed by atoms with Crippen molar-refractivity contribution >= 4 is 15.8 Å². The van der Waals surface area contributed by atoms with Crippen LogP contribution in [0.5, 0.6) is 0 Å². The van der Waals surface area contributed by atoms with E-state index in [4.69, 9.17) is 0 Å². The Kier molecular flexibility index (Phi) is 4.92. The van der Waals surface area contributed by atoms with Crippen molar-refractivity contribution in [1.82, 2.24) is 9.29 Å². The van der Waals surface area contributed by atoms with Gasteiger partial charge in [-0.25, -0.2) is 13.4 Å². The van der Waals surface area contributed by atoms with Crippen molar-refractivity contribution in [3.8, 4) is 0 Å². The maximum atomic E-state index is 12.7. The molecule has 2 atom stereocenters. The second-order valence-electron chi connectivity index (χ2n) is 7.17. The van der Waals surface area contributed by atoms with Gasteiger partial charge in [0, 0.05) is 32.4 Å². The van der Waals surface area contributed by atoms with Gasteiger partial charge in [0.2, 0.25) is 10.0 Å². The first kappa shape index (κ1) is 16.7. The molecule has 2 saturated heterocycles. The fraction of sp³-hybridized carbons (Fsp3) is 0.706. The molecule has 0 saturated carbocycles. The molecular weight excluding hydrogens is 310 g/mol. The Morgan fingerprint density at radius 2 is 1.70 bits per heavy atom. The molecule has 0 spiro atoms. The van der Waals surface area contributed by atoms with E-state index in [2.05, 4.69) is 23.7 Å². The molecule has 0 aromatic carbocycles. The molecule has 0 radical (unpaired) electrons. The van der Waals surface area contributed by atoms with Crippen molar-refractivity contribution in [2.75, 3.05) is 31.1 Å². The third kappa shape index (κ3) is 3.69. The summed E-state index contributed by atoms with van der Waals surface area (Å²) in [7, 11) is -3.38. The van der Waals surface area contributed by atoms with E-state index in [9.17, 15) is 8.42 Å². The molecule has 5 nitrogen and oxygen atoms in total. The van der Waals surface area contributed by atoms with Crippen molar-refractivity contribution in [2.45, 2.75) is 44.4 Å². The maximum absolute atomic E-state index is 12.7. The van der Waals surface area contributed by atoms with E-state index in [1.807, 2.05) is 6.07 Å². The van der Waals surface area contributed by atoms with Gasteiger partial charge in [-0.3, -0.25) is 0 Å². The van der Waals surface area contributed by atoms with Gasteiger partial charge in [-0.1, -0.05) is 20.3 Å². The van der Waals surface area contributed by atoms with Gasteiger partial charge in [0.15, 0.2) is 0 Å². The number of rotatable bonds is 3. The van der Waals surface area contributed by atoms with Gasteiger partial charge in [0.1, 0.15) is 10.7 Å². The average molecular weight is 337 g/mol. The normalized spacial score (nSPS) is 27.1. The summed E-state index contributed by atoms with van der Waals surface area (Å²) in [5.41, 5.74) is 0. The van der Waals surface area contributed by atoms with E-state index in [1.54, 1.807) is 10.4 Å². The largest absolute Gasteiger partial charge is 0.356 e. The molecule has 6 heteroatoms. The molecule has 0 amide bonds. The van der Waals surface area contributed by atoms with Crippen LogP contribution in [0.4, 0.5) is 5.82 Å². The number of pyridine rings is 1. The lowest BCUT2D eigenvalue weighted by Crippen LogP contribution is -2.39. The number of aromatic nitrogens is 1. The van der Waals surface area contributed by atoms with Crippen molar-refractivity contribution in [3.05, 3.63) is 18.3 Å². The van der Waals surface area contributed by atoms with Crippen molar-refractivity contribution in [1.29, 1.82) is 0 Å². The Balaban J connectivity index is 1.76. The van der Waals surface area contributed by atoms with Gasteiger partial charge in [0.25, 0.3) is 0 Å². The highest BCUT2D eigenvalue weighted by Gasteiger charge is 2.27. The van der Waals surface area contributed by atoms with E-state index in [0.717, 1.165) is 38.2 Å². The lowest BCUT2D eigenvalue weighted by molar-refractivity contribution is 0.346. The Labute approximate surface area is 139 Å². The number of piperidine rings is 2. The van der Waals surface area contributed by atoms with Crippen LogP contribution >= 0.6 is 0 Å². The fourth-order valence-electron chi connectivity index (χ4n) is 3.82. The third-order valence-corrected chi connectivity index (χ3v) is 6.75. The Morgan fingerprint density at radius 1 is 1.04 bits per heavy atom. The minimum atomic E-state index is -3.38. The van der Waals surface area contributed by atoms with Gasteiger partial charge >= 0.3 is 0 Å². The Morgan fingerprint density at radius 3 is 2.26 bits per heavy atom. The van der Waals surface area contributed by atoms with Crippen LogP contribution in [0.2, 0.25) is 0 Å². The first-order valence-corrected chi connectivity index (χ1v) is 10.1. The topological polar surface area (TPSA) is 53.5 Å². The Hall–Kier alpha value is -1.14. The number of sulfonamides is 1. The first-order chi connectivity index (χ1) is 11.0. The van der Waals surface area contributed by atoms with Crippen LogP contribution in [0.15, 0.2) is 23.2 Å². The molecule has 2 aliphatic rings. The van der Waals surface area contributed by atoms with Crippen molar-refractivity contribution < 1.29 is 8.42 Å². The highest BCUT2D eigenvalue weighted by Crippen LogP contribution is 2.26. The first-order valence-electron chi connectivity index (χ1n) is 8.68. The molecule has 1 aromatic rings. The summed E-state index contributed by atoms with van der Waals surface area (Å²) < 4.78 is 26.9. The summed E-state index contributed by atoms with van der Waals surface area (Å²) in [6.45, 7) is 7.78. The molecule has 1 aromatic heterocycles. The van der Waals surface area contributed by atoms with E-state index < -0.39 is 10.0 Å². The minimum Gasteiger partial charge on any atom is -0.356 e. The van der Waals surface area contributed by atoms with Crippen LogP contribution in [0.25, 0.3) is 0 Å². The lowest BCUT2D eigenvalue weighted by atomic mass is 9.92. The zero-order valence-electron chi connectivity index (χ0n) is 14.1. The minimum absolute atomic E-state index is 0.321. The smallest absolute Gasteiger partial charge is 0.244 e. The predicted octanol–water partition coefficient (Wildman–Crippen LogP) is 2.74. The second kappa shape index (κ2) is 6.77. The molecule has 2 unspecified atom stereocenters. The highest BCUT2D eigenvalue weighted by atomic mass is 32.2. The van der Waals surface area contributed by atoms with Gasteiger partial charge in [0.05, 0.1) is 0 Å². The number of hydrogen-bond acceptors (Lipinski definition) is 4. The summed E-state index contributed by atoms with van der Waals surface area (Å²) in [6.07, 6.45) is 5.80. The zero-order valence-corrected chi connectivity index (χ0v) is 14.9. The summed E-state index contributed by atoms with van der Waals surface area (Å²) in [5, 5.41) is 0. The average Bonchev–Trinajstić information content (AvgIpc) is 2.55. The second-order valence-corrected chi connectivity index (χ2v) is 9.11.